The first kappa shape index (κ1) is 35.4. The Morgan fingerprint density at radius 3 is 1.90 bits per heavy atom. The number of pyridine rings is 2. The topological polar surface area (TPSA) is 157 Å². The molecular formula is C29H28F6N8O5. The number of rotatable bonds is 4. The number of aromatic nitrogens is 5. The van der Waals surface area contributed by atoms with Crippen LogP contribution in [0.5, 0.6) is 0 Å². The molecule has 1 unspecified atom stereocenters. The molecule has 1 amide bonds. The van der Waals surface area contributed by atoms with Gasteiger partial charge in [-0.05, 0) is 43.2 Å². The van der Waals surface area contributed by atoms with Gasteiger partial charge in [0, 0.05) is 57.5 Å². The number of alkyl halides is 6. The Bertz CT molecular complexity index is 1670. The number of aliphatic carboxylic acids is 2. The molecule has 2 fully saturated rings. The summed E-state index contributed by atoms with van der Waals surface area (Å²) in [6.45, 7) is 3.66. The summed E-state index contributed by atoms with van der Waals surface area (Å²) < 4.78 is 65.5. The van der Waals surface area contributed by atoms with E-state index in [0.29, 0.717) is 24.7 Å². The number of carbonyl (C=O) groups excluding carboxylic acids is 1. The Morgan fingerprint density at radius 1 is 0.750 bits per heavy atom. The van der Waals surface area contributed by atoms with Crippen molar-refractivity contribution in [1.82, 2.24) is 29.2 Å². The van der Waals surface area contributed by atoms with E-state index in [-0.39, 0.29) is 11.9 Å². The van der Waals surface area contributed by atoms with Crippen molar-refractivity contribution in [1.29, 1.82) is 0 Å². The lowest BCUT2D eigenvalue weighted by molar-refractivity contribution is -0.193. The summed E-state index contributed by atoms with van der Waals surface area (Å²) in [7, 11) is 0. The van der Waals surface area contributed by atoms with Crippen molar-refractivity contribution in [2.75, 3.05) is 42.5 Å². The molecule has 0 saturated carbocycles. The lowest BCUT2D eigenvalue weighted by atomic mass is 10.2. The highest BCUT2D eigenvalue weighted by atomic mass is 19.4. The number of fused-ring (bicyclic) bond motifs is 1. The van der Waals surface area contributed by atoms with E-state index in [1.165, 1.54) is 0 Å². The second kappa shape index (κ2) is 14.9. The van der Waals surface area contributed by atoms with Crippen molar-refractivity contribution in [3.8, 4) is 0 Å². The van der Waals surface area contributed by atoms with Gasteiger partial charge in [0.2, 0.25) is 5.95 Å². The Labute approximate surface area is 268 Å². The summed E-state index contributed by atoms with van der Waals surface area (Å²) in [5.41, 5.74) is 1.36. The summed E-state index contributed by atoms with van der Waals surface area (Å²) >= 11 is 0. The molecule has 2 saturated heterocycles. The summed E-state index contributed by atoms with van der Waals surface area (Å²) in [6.07, 6.45) is -0.859. The minimum Gasteiger partial charge on any atom is -0.475 e. The summed E-state index contributed by atoms with van der Waals surface area (Å²) in [5.74, 6) is -3.00. The number of imidazole rings is 1. The largest absolute Gasteiger partial charge is 0.490 e. The van der Waals surface area contributed by atoms with E-state index in [0.717, 1.165) is 49.6 Å². The molecular weight excluding hydrogens is 654 g/mol. The predicted octanol–water partition coefficient (Wildman–Crippen LogP) is 4.09. The fourth-order valence-corrected chi connectivity index (χ4v) is 5.00. The maximum Gasteiger partial charge on any atom is 0.490 e. The van der Waals surface area contributed by atoms with Gasteiger partial charge in [-0.25, -0.2) is 29.5 Å². The normalized spacial score (nSPS) is 16.5. The third-order valence-corrected chi connectivity index (χ3v) is 7.16. The molecule has 0 aliphatic carbocycles. The number of hydrogen-bond acceptors (Lipinski definition) is 9. The van der Waals surface area contributed by atoms with Crippen LogP contribution in [0, 0.1) is 0 Å². The molecule has 256 valence electrons. The van der Waals surface area contributed by atoms with Gasteiger partial charge in [0.25, 0.3) is 5.91 Å². The van der Waals surface area contributed by atoms with Crippen LogP contribution in [0.2, 0.25) is 0 Å². The molecule has 4 aromatic heterocycles. The van der Waals surface area contributed by atoms with E-state index in [4.69, 9.17) is 24.8 Å². The van der Waals surface area contributed by atoms with E-state index in [2.05, 4.69) is 29.2 Å². The maximum absolute atomic E-state index is 13.6. The molecule has 19 heteroatoms. The van der Waals surface area contributed by atoms with Gasteiger partial charge in [-0.2, -0.15) is 26.3 Å². The monoisotopic (exact) mass is 682 g/mol. The summed E-state index contributed by atoms with van der Waals surface area (Å²) in [5, 5.41) is 14.2. The van der Waals surface area contributed by atoms with E-state index < -0.39 is 24.3 Å². The zero-order valence-electron chi connectivity index (χ0n) is 24.8. The maximum atomic E-state index is 13.6. The average Bonchev–Trinajstić information content (AvgIpc) is 3.70. The van der Waals surface area contributed by atoms with Gasteiger partial charge < -0.3 is 29.3 Å². The van der Waals surface area contributed by atoms with Crippen LogP contribution in [0.25, 0.3) is 5.52 Å². The number of carboxylic acid groups (broad SMARTS) is 2. The van der Waals surface area contributed by atoms with Crippen molar-refractivity contribution in [2.45, 2.75) is 31.2 Å². The number of nitrogens with zero attached hydrogens (tertiary/aromatic N) is 8. The Kier molecular flexibility index (Phi) is 11.0. The molecule has 6 rings (SSSR count). The van der Waals surface area contributed by atoms with Gasteiger partial charge in [-0.3, -0.25) is 4.79 Å². The van der Waals surface area contributed by atoms with E-state index in [9.17, 15) is 31.1 Å². The average molecular weight is 683 g/mol. The van der Waals surface area contributed by atoms with Crippen LogP contribution in [0.1, 0.15) is 35.2 Å². The number of carboxylic acids is 2. The molecule has 0 spiro atoms. The van der Waals surface area contributed by atoms with Crippen LogP contribution in [0.15, 0.2) is 67.3 Å². The van der Waals surface area contributed by atoms with Crippen molar-refractivity contribution < 1.29 is 50.9 Å². The van der Waals surface area contributed by atoms with Crippen molar-refractivity contribution in [3.05, 3.63) is 78.8 Å². The highest BCUT2D eigenvalue weighted by Gasteiger charge is 2.39. The molecule has 2 aliphatic heterocycles. The number of anilines is 2. The van der Waals surface area contributed by atoms with Gasteiger partial charge in [0.05, 0.1) is 11.6 Å². The second-order valence-corrected chi connectivity index (χ2v) is 10.2. The molecule has 6 heterocycles. The first-order valence-electron chi connectivity index (χ1n) is 14.2. The third kappa shape index (κ3) is 8.65. The number of hydrogen-bond donors (Lipinski definition) is 2. The number of amides is 1. The zero-order chi connectivity index (χ0) is 35.1. The first-order chi connectivity index (χ1) is 22.7. The van der Waals surface area contributed by atoms with Gasteiger partial charge >= 0.3 is 24.3 Å². The SMILES string of the molecule is O=C(O)C(F)(F)F.O=C(O)C(F)(F)F.O=C(c1nc(C2CCCN2c2ncccn2)n2ccccc12)N1CCN(c2ccccn2)CC1. The van der Waals surface area contributed by atoms with Gasteiger partial charge in [0.1, 0.15) is 11.6 Å². The lowest BCUT2D eigenvalue weighted by Crippen LogP contribution is -2.49. The lowest BCUT2D eigenvalue weighted by Gasteiger charge is -2.35. The smallest absolute Gasteiger partial charge is 0.475 e. The Balaban J connectivity index is 0.000000314. The molecule has 0 radical (unpaired) electrons. The second-order valence-electron chi connectivity index (χ2n) is 10.2. The molecule has 0 aromatic carbocycles. The predicted molar refractivity (Wildman–Crippen MR) is 156 cm³/mol. The highest BCUT2D eigenvalue weighted by molar-refractivity contribution is 5.99. The fraction of sp³-hybridized carbons (Fsp3) is 0.345. The van der Waals surface area contributed by atoms with Crippen LogP contribution in [0.4, 0.5) is 38.1 Å². The number of piperazine rings is 1. The Hall–Kier alpha value is -5.49. The first-order valence-corrected chi connectivity index (χ1v) is 14.2. The van der Waals surface area contributed by atoms with E-state index >= 15 is 0 Å². The van der Waals surface area contributed by atoms with E-state index in [1.807, 2.05) is 53.6 Å². The standard InChI is InChI=1S/C25H26N8O.2C2HF3O2/c34-24(31-17-15-30(16-18-31)21-9-1-3-10-26-21)22-19-7-2-4-13-32(19)23(29-22)20-8-5-14-33(20)25-27-11-6-12-28-25;2*3-2(4,5)1(6)7/h1-4,6-7,9-13,20H,5,8,14-18H2;2*(H,6,7). The van der Waals surface area contributed by atoms with Crippen molar-refractivity contribution >= 4 is 35.1 Å². The highest BCUT2D eigenvalue weighted by Crippen LogP contribution is 2.35. The molecule has 1 atom stereocenters. The van der Waals surface area contributed by atoms with Crippen LogP contribution in [-0.4, -0.2) is 102 Å². The van der Waals surface area contributed by atoms with Gasteiger partial charge in [-0.1, -0.05) is 12.1 Å². The van der Waals surface area contributed by atoms with Crippen molar-refractivity contribution in [2.24, 2.45) is 0 Å². The third-order valence-electron chi connectivity index (χ3n) is 7.16. The quantitative estimate of drug-likeness (QED) is 0.299. The number of halogens is 6. The summed E-state index contributed by atoms with van der Waals surface area (Å²) in [6, 6.07) is 13.7. The Morgan fingerprint density at radius 2 is 1.33 bits per heavy atom. The van der Waals surface area contributed by atoms with Crippen LogP contribution in [-0.2, 0) is 9.59 Å². The molecule has 2 N–H and O–H groups in total. The van der Waals surface area contributed by atoms with E-state index in [1.54, 1.807) is 18.6 Å². The molecule has 13 nitrogen and oxygen atoms in total. The van der Waals surface area contributed by atoms with Crippen LogP contribution < -0.4 is 9.80 Å². The number of carbonyl (C=O) groups is 3. The fourth-order valence-electron chi connectivity index (χ4n) is 5.00. The van der Waals surface area contributed by atoms with Crippen LogP contribution in [0.3, 0.4) is 0 Å². The van der Waals surface area contributed by atoms with Crippen molar-refractivity contribution in [3.63, 3.8) is 0 Å². The van der Waals surface area contributed by atoms with Gasteiger partial charge in [-0.15, -0.1) is 0 Å². The zero-order valence-corrected chi connectivity index (χ0v) is 24.8. The molecule has 48 heavy (non-hydrogen) atoms. The molecule has 2 aliphatic rings. The van der Waals surface area contributed by atoms with Gasteiger partial charge in [0.15, 0.2) is 5.69 Å². The minimum absolute atomic E-state index is 0.0175. The summed E-state index contributed by atoms with van der Waals surface area (Å²) in [4.78, 5) is 56.0. The molecule has 0 bridgehead atoms. The molecule has 4 aromatic rings. The minimum atomic E-state index is -5.08. The van der Waals surface area contributed by atoms with Crippen LogP contribution >= 0.6 is 0 Å².